The van der Waals surface area contributed by atoms with Crippen molar-refractivity contribution in [3.63, 3.8) is 0 Å². The molecule has 3 aliphatic rings. The molecular weight excluding hydrogens is 377 g/mol. The van der Waals surface area contributed by atoms with Gasteiger partial charge in [0.05, 0.1) is 29.3 Å². The van der Waals surface area contributed by atoms with E-state index in [1.54, 1.807) is 0 Å². The van der Waals surface area contributed by atoms with Crippen molar-refractivity contribution in [3.8, 4) is 0 Å². The van der Waals surface area contributed by atoms with Gasteiger partial charge in [0.1, 0.15) is 0 Å². The van der Waals surface area contributed by atoms with E-state index in [4.69, 9.17) is 9.26 Å². The third kappa shape index (κ3) is 3.31. The molecule has 0 aromatic carbocycles. The highest BCUT2D eigenvalue weighted by molar-refractivity contribution is 7.50. The second-order valence-corrected chi connectivity index (χ2v) is 10.3. The Kier molecular flexibility index (Phi) is 5.74. The average molecular weight is 409 g/mol. The molecule has 156 valence electrons. The lowest BCUT2D eigenvalue weighted by atomic mass is 9.73. The minimum atomic E-state index is -1.23. The third-order valence-electron chi connectivity index (χ3n) is 5.82. The predicted molar refractivity (Wildman–Crippen MR) is 110 cm³/mol. The molecule has 0 aromatic heterocycles. The molecule has 0 radical (unpaired) electrons. The van der Waals surface area contributed by atoms with E-state index in [2.05, 4.69) is 37.4 Å². The lowest BCUT2D eigenvalue weighted by Crippen LogP contribution is -2.42. The maximum atomic E-state index is 13.3. The van der Waals surface area contributed by atoms with Crippen LogP contribution in [0.3, 0.4) is 0 Å². The number of likely N-dealkylation sites (tertiary alicyclic amines) is 1. The Morgan fingerprint density at radius 1 is 1.18 bits per heavy atom. The Bertz CT molecular complexity index is 666. The zero-order valence-electron chi connectivity index (χ0n) is 17.9. The summed E-state index contributed by atoms with van der Waals surface area (Å²) in [6.45, 7) is 14.7. The second kappa shape index (κ2) is 7.51. The fourth-order valence-corrected chi connectivity index (χ4v) is 6.83. The summed E-state index contributed by atoms with van der Waals surface area (Å²) in [7, 11) is -1.23. The van der Waals surface area contributed by atoms with Gasteiger partial charge in [-0.05, 0) is 48.5 Å². The normalized spacial score (nSPS) is 35.3. The zero-order chi connectivity index (χ0) is 20.9. The summed E-state index contributed by atoms with van der Waals surface area (Å²) in [5.74, 6) is -1.21. The minimum Gasteiger partial charge on any atom is -0.446 e. The Hall–Kier alpha value is -1.30. The van der Waals surface area contributed by atoms with Gasteiger partial charge in [-0.15, -0.1) is 0 Å². The molecule has 3 aliphatic heterocycles. The molecule has 3 rings (SSSR count). The number of carbonyl (C=O) groups is 2. The maximum Gasteiger partial charge on any atom is 0.236 e. The fourth-order valence-electron chi connectivity index (χ4n) is 4.78. The SMILES string of the molecule is CC/N=C/OP(CN1C(=O)[C@@H]2[C@H](C1=O)C1(C)C=CC2(C)O1)N(C(C)C)C(C)C. The number of rotatable bonds is 8. The monoisotopic (exact) mass is 409 g/mol. The van der Waals surface area contributed by atoms with Gasteiger partial charge in [0.25, 0.3) is 0 Å². The van der Waals surface area contributed by atoms with Gasteiger partial charge in [-0.3, -0.25) is 19.5 Å². The van der Waals surface area contributed by atoms with Crippen molar-refractivity contribution < 1.29 is 18.8 Å². The van der Waals surface area contributed by atoms with E-state index in [1.807, 2.05) is 32.9 Å². The summed E-state index contributed by atoms with van der Waals surface area (Å²) in [5, 5.41) is 0. The van der Waals surface area contributed by atoms with Crippen molar-refractivity contribution >= 4 is 26.5 Å². The van der Waals surface area contributed by atoms with E-state index in [0.29, 0.717) is 6.54 Å². The van der Waals surface area contributed by atoms with Crippen LogP contribution in [0.2, 0.25) is 0 Å². The van der Waals surface area contributed by atoms with E-state index in [9.17, 15) is 9.59 Å². The molecule has 0 spiro atoms. The summed E-state index contributed by atoms with van der Waals surface area (Å²) >= 11 is 0. The largest absolute Gasteiger partial charge is 0.446 e. The average Bonchev–Trinajstić information content (AvgIpc) is 3.13. The highest BCUT2D eigenvalue weighted by atomic mass is 31.2. The van der Waals surface area contributed by atoms with Crippen LogP contribution in [0, 0.1) is 11.8 Å². The van der Waals surface area contributed by atoms with Crippen LogP contribution in [0.4, 0.5) is 0 Å². The van der Waals surface area contributed by atoms with Crippen molar-refractivity contribution in [2.45, 2.75) is 71.8 Å². The van der Waals surface area contributed by atoms with Crippen LogP contribution in [0.25, 0.3) is 0 Å². The van der Waals surface area contributed by atoms with E-state index < -0.39 is 31.3 Å². The molecule has 0 aromatic rings. The van der Waals surface area contributed by atoms with E-state index in [0.717, 1.165) is 0 Å². The number of aliphatic imine (C=N–C) groups is 1. The molecular formula is C20H32N3O4P. The van der Waals surface area contributed by atoms with Crippen LogP contribution in [0.1, 0.15) is 48.5 Å². The first-order chi connectivity index (χ1) is 13.1. The smallest absolute Gasteiger partial charge is 0.236 e. The number of fused-ring (bicyclic) bond motifs is 5. The molecule has 3 heterocycles. The van der Waals surface area contributed by atoms with E-state index in [1.165, 1.54) is 11.3 Å². The predicted octanol–water partition coefficient (Wildman–Crippen LogP) is 3.16. The Labute approximate surface area is 169 Å². The van der Waals surface area contributed by atoms with E-state index >= 15 is 0 Å². The van der Waals surface area contributed by atoms with Crippen molar-refractivity contribution in [1.82, 2.24) is 9.57 Å². The molecule has 3 unspecified atom stereocenters. The van der Waals surface area contributed by atoms with Crippen LogP contribution in [-0.2, 0) is 18.8 Å². The molecule has 2 fully saturated rings. The first-order valence-corrected chi connectivity index (χ1v) is 11.4. The molecule has 0 aliphatic carbocycles. The van der Waals surface area contributed by atoms with Crippen molar-refractivity contribution in [1.29, 1.82) is 0 Å². The van der Waals surface area contributed by atoms with Gasteiger partial charge in [0.2, 0.25) is 11.8 Å². The third-order valence-corrected chi connectivity index (χ3v) is 8.12. The summed E-state index contributed by atoms with van der Waals surface area (Å²) in [4.78, 5) is 32.1. The highest BCUT2D eigenvalue weighted by Crippen LogP contribution is 2.58. The number of hydrogen-bond donors (Lipinski definition) is 0. The molecule has 28 heavy (non-hydrogen) atoms. The molecule has 8 heteroatoms. The van der Waals surface area contributed by atoms with Gasteiger partial charge in [0, 0.05) is 18.6 Å². The number of hydrogen-bond acceptors (Lipinski definition) is 6. The van der Waals surface area contributed by atoms with E-state index in [-0.39, 0.29) is 30.2 Å². The number of imide groups is 1. The molecule has 5 atom stereocenters. The maximum absolute atomic E-state index is 13.3. The molecule has 2 amide bonds. The van der Waals surface area contributed by atoms with Gasteiger partial charge >= 0.3 is 0 Å². The molecule has 0 N–H and O–H groups in total. The lowest BCUT2D eigenvalue weighted by Gasteiger charge is -2.37. The number of carbonyl (C=O) groups excluding carboxylic acids is 2. The van der Waals surface area contributed by atoms with Crippen LogP contribution >= 0.6 is 8.30 Å². The van der Waals surface area contributed by atoms with Gasteiger partial charge in [-0.1, -0.05) is 12.2 Å². The molecule has 7 nitrogen and oxygen atoms in total. The zero-order valence-corrected chi connectivity index (χ0v) is 18.8. The second-order valence-electron chi connectivity index (χ2n) is 8.63. The van der Waals surface area contributed by atoms with Gasteiger partial charge in [0.15, 0.2) is 14.7 Å². The quantitative estimate of drug-likeness (QED) is 0.202. The first-order valence-electron chi connectivity index (χ1n) is 10.0. The van der Waals surface area contributed by atoms with Crippen molar-refractivity contribution in [2.75, 3.05) is 12.8 Å². The first kappa shape index (κ1) is 21.4. The van der Waals surface area contributed by atoms with Crippen LogP contribution in [0.15, 0.2) is 17.1 Å². The van der Waals surface area contributed by atoms with Crippen LogP contribution in [-0.4, -0.2) is 63.9 Å². The number of amides is 2. The van der Waals surface area contributed by atoms with Crippen molar-refractivity contribution in [3.05, 3.63) is 12.2 Å². The molecule has 0 saturated carbocycles. The number of ether oxygens (including phenoxy) is 1. The highest BCUT2D eigenvalue weighted by Gasteiger charge is 2.70. The lowest BCUT2D eigenvalue weighted by molar-refractivity contribution is -0.145. The summed E-state index contributed by atoms with van der Waals surface area (Å²) in [6.07, 6.45) is 5.58. The Morgan fingerprint density at radius 2 is 1.68 bits per heavy atom. The van der Waals surface area contributed by atoms with Gasteiger partial charge in [-0.2, -0.15) is 0 Å². The van der Waals surface area contributed by atoms with Gasteiger partial charge in [-0.25, -0.2) is 4.67 Å². The van der Waals surface area contributed by atoms with Crippen LogP contribution < -0.4 is 0 Å². The Morgan fingerprint density at radius 3 is 2.11 bits per heavy atom. The molecule has 2 saturated heterocycles. The topological polar surface area (TPSA) is 71.4 Å². The number of nitrogens with zero attached hydrogens (tertiary/aromatic N) is 3. The molecule has 2 bridgehead atoms. The van der Waals surface area contributed by atoms with Gasteiger partial charge < -0.3 is 9.26 Å². The Balaban J connectivity index is 1.86. The summed E-state index contributed by atoms with van der Waals surface area (Å²) in [6, 6.07) is 0.425. The fraction of sp³-hybridized carbons (Fsp3) is 0.750. The summed E-state index contributed by atoms with van der Waals surface area (Å²) < 4.78 is 14.3. The van der Waals surface area contributed by atoms with Crippen molar-refractivity contribution in [2.24, 2.45) is 16.8 Å². The minimum absolute atomic E-state index is 0.151. The standard InChI is InChI=1S/C20H32N3O4P/c1-8-21-11-26-28(23(13(2)3)14(4)5)12-22-17(24)15-16(18(22)25)20(7)10-9-19(15,6)27-20/h9-11,13-16H,8,12H2,1-7H3/b21-11+/t15-,16+,19?,20?,28?. The summed E-state index contributed by atoms with van der Waals surface area (Å²) in [5.41, 5.74) is -1.41. The van der Waals surface area contributed by atoms with Crippen LogP contribution in [0.5, 0.6) is 0 Å².